The maximum Gasteiger partial charge on any atom is 0.229 e. The number of anilines is 1. The average molecular weight is 483 g/mol. The van der Waals surface area contributed by atoms with Crippen molar-refractivity contribution in [2.75, 3.05) is 11.0 Å². The van der Waals surface area contributed by atoms with Crippen molar-refractivity contribution in [3.63, 3.8) is 0 Å². The van der Waals surface area contributed by atoms with Gasteiger partial charge < -0.3 is 4.98 Å². The molecule has 4 aromatic rings. The van der Waals surface area contributed by atoms with Gasteiger partial charge in [0.2, 0.25) is 10.0 Å². The lowest BCUT2D eigenvalue weighted by atomic mass is 9.95. The highest BCUT2D eigenvalue weighted by molar-refractivity contribution is 7.92. The molecule has 2 aromatic carbocycles. The zero-order valence-corrected chi connectivity index (χ0v) is 19.0. The van der Waals surface area contributed by atoms with Gasteiger partial charge in [0.15, 0.2) is 5.43 Å². The minimum Gasteiger partial charge on any atom is -0.346 e. The lowest BCUT2D eigenvalue weighted by Gasteiger charge is -2.16. The van der Waals surface area contributed by atoms with E-state index in [2.05, 4.69) is 14.7 Å². The molecule has 0 aliphatic carbocycles. The number of benzene rings is 2. The van der Waals surface area contributed by atoms with Crippen LogP contribution in [-0.2, 0) is 10.0 Å². The molecular weight excluding hydrogens is 467 g/mol. The van der Waals surface area contributed by atoms with E-state index in [0.29, 0.717) is 16.7 Å². The Hall–Kier alpha value is -3.74. The number of hydrogen-bond donors (Lipinski definition) is 2. The van der Waals surface area contributed by atoms with E-state index in [0.717, 1.165) is 6.26 Å². The number of rotatable bonds is 4. The van der Waals surface area contributed by atoms with Crippen LogP contribution in [0.2, 0.25) is 5.02 Å². The number of pyridine rings is 2. The van der Waals surface area contributed by atoms with E-state index in [1.165, 1.54) is 36.5 Å². The van der Waals surface area contributed by atoms with Crippen molar-refractivity contribution in [3.8, 4) is 28.5 Å². The molecule has 0 saturated heterocycles. The van der Waals surface area contributed by atoms with Gasteiger partial charge in [-0.05, 0) is 48.4 Å². The largest absolute Gasteiger partial charge is 0.346 e. The van der Waals surface area contributed by atoms with Crippen molar-refractivity contribution in [2.24, 2.45) is 0 Å². The van der Waals surface area contributed by atoms with Gasteiger partial charge in [-0.1, -0.05) is 17.7 Å². The molecule has 0 fully saturated rings. The fourth-order valence-electron chi connectivity index (χ4n) is 3.54. The Kier molecular flexibility index (Phi) is 5.66. The van der Waals surface area contributed by atoms with Gasteiger partial charge in [0.05, 0.1) is 33.6 Å². The Morgan fingerprint density at radius 1 is 1.18 bits per heavy atom. The minimum absolute atomic E-state index is 0.0720. The summed E-state index contributed by atoms with van der Waals surface area (Å²) in [6.45, 7) is 1.67. The summed E-state index contributed by atoms with van der Waals surface area (Å²) >= 11 is 6.39. The highest BCUT2D eigenvalue weighted by Crippen LogP contribution is 2.38. The van der Waals surface area contributed by atoms with Crippen LogP contribution in [0.5, 0.6) is 0 Å². The van der Waals surface area contributed by atoms with Gasteiger partial charge in [-0.25, -0.2) is 17.8 Å². The van der Waals surface area contributed by atoms with Crippen LogP contribution in [0.3, 0.4) is 0 Å². The van der Waals surface area contributed by atoms with Gasteiger partial charge in [0.1, 0.15) is 17.5 Å². The Morgan fingerprint density at radius 3 is 2.61 bits per heavy atom. The standard InChI is InChI=1S/C23H16ClFN4O3S/c1-12-8-14(9-18(24)21(12)29-33(2,31)32)16-10-17-19(30)6-7-27-23(17)28-22(16)15-5-3-4-13(11-26)20(15)25/h3-10,29H,1-2H3,(H,27,28,30). The van der Waals surface area contributed by atoms with E-state index in [1.54, 1.807) is 19.1 Å². The maximum atomic E-state index is 15.1. The number of fused-ring (bicyclic) bond motifs is 1. The normalized spacial score (nSPS) is 11.4. The highest BCUT2D eigenvalue weighted by Gasteiger charge is 2.20. The molecule has 0 bridgehead atoms. The Balaban J connectivity index is 2.06. The SMILES string of the molecule is Cc1cc(-c2cc3c(=O)cc[nH]c3nc2-c2cccc(C#N)c2F)cc(Cl)c1NS(C)(=O)=O. The summed E-state index contributed by atoms with van der Waals surface area (Å²) < 4.78 is 40.9. The summed E-state index contributed by atoms with van der Waals surface area (Å²) in [4.78, 5) is 19.8. The predicted molar refractivity (Wildman–Crippen MR) is 126 cm³/mol. The second-order valence-corrected chi connectivity index (χ2v) is 9.58. The number of aryl methyl sites for hydroxylation is 1. The van der Waals surface area contributed by atoms with Gasteiger partial charge in [-0.3, -0.25) is 9.52 Å². The summed E-state index contributed by atoms with van der Waals surface area (Å²) in [7, 11) is -3.57. The molecule has 0 saturated carbocycles. The van der Waals surface area contributed by atoms with E-state index in [-0.39, 0.29) is 44.0 Å². The molecule has 10 heteroatoms. The number of nitriles is 1. The molecule has 7 nitrogen and oxygen atoms in total. The highest BCUT2D eigenvalue weighted by atomic mass is 35.5. The summed E-state index contributed by atoms with van der Waals surface area (Å²) in [5.41, 5.74) is 1.70. The number of aromatic amines is 1. The monoisotopic (exact) mass is 482 g/mol. The molecule has 2 heterocycles. The molecule has 0 atom stereocenters. The molecule has 2 aromatic heterocycles. The molecule has 33 heavy (non-hydrogen) atoms. The van der Waals surface area contributed by atoms with Crippen molar-refractivity contribution in [1.29, 1.82) is 5.26 Å². The first-order chi connectivity index (χ1) is 15.6. The summed E-state index contributed by atoms with van der Waals surface area (Å²) in [6, 6.07) is 12.3. The fraction of sp³-hybridized carbons (Fsp3) is 0.0870. The molecule has 0 aliphatic rings. The van der Waals surface area contributed by atoms with Crippen LogP contribution in [0.15, 0.2) is 53.5 Å². The third-order valence-electron chi connectivity index (χ3n) is 5.00. The first kappa shape index (κ1) is 22.5. The molecular formula is C23H16ClFN4O3S. The van der Waals surface area contributed by atoms with Crippen molar-refractivity contribution >= 4 is 38.3 Å². The summed E-state index contributed by atoms with van der Waals surface area (Å²) in [6.07, 6.45) is 2.45. The van der Waals surface area contributed by atoms with E-state index < -0.39 is 15.8 Å². The van der Waals surface area contributed by atoms with Crippen molar-refractivity contribution < 1.29 is 12.8 Å². The molecule has 0 unspecified atom stereocenters. The number of aromatic nitrogens is 2. The fourth-order valence-corrected chi connectivity index (χ4v) is 4.55. The maximum absolute atomic E-state index is 15.1. The molecule has 0 radical (unpaired) electrons. The van der Waals surface area contributed by atoms with Gasteiger partial charge in [-0.2, -0.15) is 5.26 Å². The van der Waals surface area contributed by atoms with Crippen LogP contribution < -0.4 is 10.2 Å². The third kappa shape index (κ3) is 4.31. The van der Waals surface area contributed by atoms with Crippen LogP contribution >= 0.6 is 11.6 Å². The zero-order valence-electron chi connectivity index (χ0n) is 17.4. The van der Waals surface area contributed by atoms with Crippen LogP contribution in [-0.4, -0.2) is 24.6 Å². The molecule has 0 aliphatic heterocycles. The summed E-state index contributed by atoms with van der Waals surface area (Å²) in [5.74, 6) is -0.746. The van der Waals surface area contributed by atoms with Crippen LogP contribution in [0.1, 0.15) is 11.1 Å². The lowest BCUT2D eigenvalue weighted by Crippen LogP contribution is -2.11. The molecule has 0 spiro atoms. The Labute approximate surface area is 193 Å². The topological polar surface area (TPSA) is 116 Å². The number of nitrogens with one attached hydrogen (secondary N) is 2. The van der Waals surface area contributed by atoms with E-state index in [1.807, 2.05) is 6.07 Å². The second-order valence-electron chi connectivity index (χ2n) is 7.43. The van der Waals surface area contributed by atoms with Crippen molar-refractivity contribution in [1.82, 2.24) is 9.97 Å². The van der Waals surface area contributed by atoms with E-state index in [9.17, 15) is 18.5 Å². The number of sulfonamides is 1. The van der Waals surface area contributed by atoms with Gasteiger partial charge in [0.25, 0.3) is 0 Å². The number of halogens is 2. The number of hydrogen-bond acceptors (Lipinski definition) is 5. The smallest absolute Gasteiger partial charge is 0.229 e. The van der Waals surface area contributed by atoms with Gasteiger partial charge in [-0.15, -0.1) is 0 Å². The molecule has 0 amide bonds. The Bertz CT molecular complexity index is 1620. The summed E-state index contributed by atoms with van der Waals surface area (Å²) in [5, 5.41) is 9.65. The van der Waals surface area contributed by atoms with E-state index >= 15 is 4.39 Å². The van der Waals surface area contributed by atoms with Gasteiger partial charge in [0, 0.05) is 23.4 Å². The van der Waals surface area contributed by atoms with Crippen molar-refractivity contribution in [3.05, 3.63) is 80.9 Å². The minimum atomic E-state index is -3.57. The average Bonchev–Trinajstić information content (AvgIpc) is 2.75. The first-order valence-electron chi connectivity index (χ1n) is 9.59. The van der Waals surface area contributed by atoms with Gasteiger partial charge >= 0.3 is 0 Å². The van der Waals surface area contributed by atoms with Crippen LogP contribution in [0, 0.1) is 24.1 Å². The quantitative estimate of drug-likeness (QED) is 0.441. The second kappa shape index (κ2) is 8.31. The molecule has 166 valence electrons. The lowest BCUT2D eigenvalue weighted by molar-refractivity contribution is 0.606. The Morgan fingerprint density at radius 2 is 1.94 bits per heavy atom. The third-order valence-corrected chi connectivity index (χ3v) is 5.88. The van der Waals surface area contributed by atoms with Crippen molar-refractivity contribution in [2.45, 2.75) is 6.92 Å². The van der Waals surface area contributed by atoms with E-state index in [4.69, 9.17) is 11.6 Å². The number of H-pyrrole nitrogens is 1. The van der Waals surface area contributed by atoms with Crippen LogP contribution in [0.25, 0.3) is 33.4 Å². The molecule has 2 N–H and O–H groups in total. The predicted octanol–water partition coefficient (Wildman–Crippen LogP) is 4.60. The number of nitrogens with zero attached hydrogens (tertiary/aromatic N) is 2. The van der Waals surface area contributed by atoms with Crippen LogP contribution in [0.4, 0.5) is 10.1 Å². The molecule has 4 rings (SSSR count). The zero-order chi connectivity index (χ0) is 23.9. The first-order valence-corrected chi connectivity index (χ1v) is 11.9.